The number of hydrogen-bond donors (Lipinski definition) is 1. The van der Waals surface area contributed by atoms with Crippen LogP contribution in [0, 0.1) is 0 Å². The Kier molecular flexibility index (Phi) is 2.84. The minimum atomic E-state index is 0.0332. The van der Waals surface area contributed by atoms with Crippen molar-refractivity contribution in [1.82, 2.24) is 9.97 Å². The molecule has 3 nitrogen and oxygen atoms in total. The molecule has 2 aromatic rings. The van der Waals surface area contributed by atoms with Crippen molar-refractivity contribution in [3.05, 3.63) is 42.2 Å². The summed E-state index contributed by atoms with van der Waals surface area (Å²) in [5, 5.41) is 0. The predicted octanol–water partition coefficient (Wildman–Crippen LogP) is 3.02. The number of hydrogen-bond acceptors (Lipinski definition) is 3. The topological polar surface area (TPSA) is 51.8 Å². The molecule has 0 amide bonds. The summed E-state index contributed by atoms with van der Waals surface area (Å²) in [5.41, 5.74) is 8.48. The number of nitrogens with zero attached hydrogens (tertiary/aromatic N) is 2. The normalized spacial score (nSPS) is 11.5. The summed E-state index contributed by atoms with van der Waals surface area (Å²) in [7, 11) is 0. The van der Waals surface area contributed by atoms with Gasteiger partial charge in [0.15, 0.2) is 5.82 Å². The summed E-state index contributed by atoms with van der Waals surface area (Å²) in [6, 6.07) is 9.57. The molecule has 1 aromatic carbocycles. The molecule has 88 valence electrons. The van der Waals surface area contributed by atoms with E-state index in [0.717, 1.165) is 22.8 Å². The van der Waals surface area contributed by atoms with Gasteiger partial charge in [0.1, 0.15) is 0 Å². The Morgan fingerprint density at radius 3 is 2.24 bits per heavy atom. The molecule has 3 heteroatoms. The Labute approximate surface area is 102 Å². The van der Waals surface area contributed by atoms with E-state index in [2.05, 4.69) is 30.7 Å². The molecule has 2 rings (SSSR count). The average Bonchev–Trinajstić information content (AvgIpc) is 2.29. The molecule has 17 heavy (non-hydrogen) atoms. The maximum atomic E-state index is 5.66. The van der Waals surface area contributed by atoms with Crippen LogP contribution in [0.5, 0.6) is 0 Å². The van der Waals surface area contributed by atoms with Crippen molar-refractivity contribution in [1.29, 1.82) is 0 Å². The van der Waals surface area contributed by atoms with Crippen molar-refractivity contribution in [2.45, 2.75) is 26.2 Å². The van der Waals surface area contributed by atoms with Gasteiger partial charge in [-0.25, -0.2) is 9.97 Å². The van der Waals surface area contributed by atoms with Crippen LogP contribution in [0.2, 0.25) is 0 Å². The lowest BCUT2D eigenvalue weighted by molar-refractivity contribution is 0.568. The number of rotatable bonds is 1. The lowest BCUT2D eigenvalue weighted by Gasteiger charge is -2.17. The molecule has 1 heterocycles. The molecule has 0 aliphatic heterocycles. The van der Waals surface area contributed by atoms with Crippen LogP contribution in [0.4, 0.5) is 5.69 Å². The van der Waals surface area contributed by atoms with Gasteiger partial charge in [0.05, 0.1) is 0 Å². The Morgan fingerprint density at radius 2 is 1.65 bits per heavy atom. The molecule has 0 saturated carbocycles. The van der Waals surface area contributed by atoms with Gasteiger partial charge in [0.2, 0.25) is 0 Å². The Balaban J connectivity index is 2.43. The second kappa shape index (κ2) is 4.17. The molecule has 0 spiro atoms. The highest BCUT2D eigenvalue weighted by Gasteiger charge is 2.16. The molecule has 2 N–H and O–H groups in total. The fourth-order valence-corrected chi connectivity index (χ4v) is 1.55. The van der Waals surface area contributed by atoms with E-state index in [1.807, 2.05) is 30.3 Å². The molecule has 0 saturated heterocycles. The molecular weight excluding hydrogens is 210 g/mol. The van der Waals surface area contributed by atoms with Crippen molar-refractivity contribution in [2.75, 3.05) is 5.73 Å². The lowest BCUT2D eigenvalue weighted by atomic mass is 9.92. The summed E-state index contributed by atoms with van der Waals surface area (Å²) in [5.74, 6) is 0.748. The fourth-order valence-electron chi connectivity index (χ4n) is 1.55. The third-order valence-electron chi connectivity index (χ3n) is 2.59. The Bertz CT molecular complexity index is 510. The van der Waals surface area contributed by atoms with Crippen LogP contribution < -0.4 is 5.73 Å². The van der Waals surface area contributed by atoms with Gasteiger partial charge < -0.3 is 5.73 Å². The molecule has 0 bridgehead atoms. The second-order valence-corrected chi connectivity index (χ2v) is 5.14. The van der Waals surface area contributed by atoms with Crippen LogP contribution in [0.15, 0.2) is 36.5 Å². The van der Waals surface area contributed by atoms with Gasteiger partial charge in [-0.2, -0.15) is 0 Å². The first-order valence-electron chi connectivity index (χ1n) is 5.66. The van der Waals surface area contributed by atoms with Crippen LogP contribution >= 0.6 is 0 Å². The monoisotopic (exact) mass is 227 g/mol. The van der Waals surface area contributed by atoms with E-state index in [1.165, 1.54) is 0 Å². The number of aromatic nitrogens is 2. The summed E-state index contributed by atoms with van der Waals surface area (Å²) >= 11 is 0. The molecule has 0 radical (unpaired) electrons. The zero-order valence-corrected chi connectivity index (χ0v) is 10.4. The Hall–Kier alpha value is -1.90. The van der Waals surface area contributed by atoms with E-state index in [1.54, 1.807) is 6.20 Å². The van der Waals surface area contributed by atoms with Gasteiger partial charge in [0, 0.05) is 28.6 Å². The molecular formula is C14H17N3. The van der Waals surface area contributed by atoms with Crippen LogP contribution in [0.3, 0.4) is 0 Å². The lowest BCUT2D eigenvalue weighted by Crippen LogP contribution is -2.14. The largest absolute Gasteiger partial charge is 0.399 e. The highest BCUT2D eigenvalue weighted by Crippen LogP contribution is 2.22. The molecule has 0 aliphatic carbocycles. The number of anilines is 1. The number of benzene rings is 1. The minimum absolute atomic E-state index is 0.0332. The van der Waals surface area contributed by atoms with Crippen molar-refractivity contribution < 1.29 is 0 Å². The van der Waals surface area contributed by atoms with Crippen molar-refractivity contribution >= 4 is 5.69 Å². The van der Waals surface area contributed by atoms with E-state index in [0.29, 0.717) is 0 Å². The first kappa shape index (κ1) is 11.6. The van der Waals surface area contributed by atoms with Gasteiger partial charge in [0.25, 0.3) is 0 Å². The highest BCUT2D eigenvalue weighted by molar-refractivity contribution is 5.58. The van der Waals surface area contributed by atoms with E-state index >= 15 is 0 Å². The summed E-state index contributed by atoms with van der Waals surface area (Å²) in [4.78, 5) is 8.89. The maximum absolute atomic E-state index is 5.66. The highest BCUT2D eigenvalue weighted by atomic mass is 14.9. The number of nitrogens with two attached hydrogens (primary N) is 1. The van der Waals surface area contributed by atoms with Crippen LogP contribution in [-0.2, 0) is 5.41 Å². The van der Waals surface area contributed by atoms with Crippen molar-refractivity contribution in [3.8, 4) is 11.4 Å². The Morgan fingerprint density at radius 1 is 1.00 bits per heavy atom. The maximum Gasteiger partial charge on any atom is 0.159 e. The molecule has 0 atom stereocenters. The van der Waals surface area contributed by atoms with E-state index < -0.39 is 0 Å². The van der Waals surface area contributed by atoms with Gasteiger partial charge in [-0.3, -0.25) is 0 Å². The van der Waals surface area contributed by atoms with Crippen LogP contribution in [0.25, 0.3) is 11.4 Å². The first-order chi connectivity index (χ1) is 7.97. The molecule has 1 aromatic heterocycles. The molecule has 0 fully saturated rings. The summed E-state index contributed by atoms with van der Waals surface area (Å²) in [6.45, 7) is 6.42. The minimum Gasteiger partial charge on any atom is -0.399 e. The van der Waals surface area contributed by atoms with E-state index in [-0.39, 0.29) is 5.41 Å². The average molecular weight is 227 g/mol. The quantitative estimate of drug-likeness (QED) is 0.762. The van der Waals surface area contributed by atoms with Gasteiger partial charge in [-0.1, -0.05) is 20.8 Å². The van der Waals surface area contributed by atoms with Gasteiger partial charge in [-0.05, 0) is 30.3 Å². The SMILES string of the molecule is CC(C)(C)c1ccnc(-c2ccc(N)cc2)n1. The molecule has 0 aliphatic rings. The van der Waals surface area contributed by atoms with E-state index in [9.17, 15) is 0 Å². The standard InChI is InChI=1S/C14H17N3/c1-14(2,3)12-8-9-16-13(17-12)10-4-6-11(15)7-5-10/h4-9H,15H2,1-3H3. The zero-order chi connectivity index (χ0) is 12.5. The van der Waals surface area contributed by atoms with Gasteiger partial charge >= 0.3 is 0 Å². The second-order valence-electron chi connectivity index (χ2n) is 5.14. The van der Waals surface area contributed by atoms with Crippen molar-refractivity contribution in [2.24, 2.45) is 0 Å². The first-order valence-corrected chi connectivity index (χ1v) is 5.66. The predicted molar refractivity (Wildman–Crippen MR) is 70.6 cm³/mol. The number of nitrogen functional groups attached to an aromatic ring is 1. The summed E-state index contributed by atoms with van der Waals surface area (Å²) in [6.07, 6.45) is 1.80. The van der Waals surface area contributed by atoms with Crippen LogP contribution in [-0.4, -0.2) is 9.97 Å². The molecule has 0 unspecified atom stereocenters. The van der Waals surface area contributed by atoms with E-state index in [4.69, 9.17) is 5.73 Å². The smallest absolute Gasteiger partial charge is 0.159 e. The zero-order valence-electron chi connectivity index (χ0n) is 10.4. The summed E-state index contributed by atoms with van der Waals surface area (Å²) < 4.78 is 0. The fraction of sp³-hybridized carbons (Fsp3) is 0.286. The van der Waals surface area contributed by atoms with Crippen molar-refractivity contribution in [3.63, 3.8) is 0 Å². The third-order valence-corrected chi connectivity index (χ3v) is 2.59. The van der Waals surface area contributed by atoms with Gasteiger partial charge in [-0.15, -0.1) is 0 Å². The third kappa shape index (κ3) is 2.61. The van der Waals surface area contributed by atoms with Crippen LogP contribution in [0.1, 0.15) is 26.5 Å².